The quantitative estimate of drug-likeness (QED) is 0.371. The summed E-state index contributed by atoms with van der Waals surface area (Å²) in [5.74, 6) is 0.152. The molecule has 0 radical (unpaired) electrons. The van der Waals surface area contributed by atoms with E-state index in [1.807, 2.05) is 25.1 Å². The number of aryl methyl sites for hydroxylation is 1. The highest BCUT2D eigenvalue weighted by atomic mass is 35.5. The van der Waals surface area contributed by atoms with Crippen LogP contribution < -0.4 is 20.7 Å². The van der Waals surface area contributed by atoms with Crippen LogP contribution in [0, 0.1) is 24.6 Å². The van der Waals surface area contributed by atoms with Crippen LogP contribution in [0.5, 0.6) is 5.75 Å². The summed E-state index contributed by atoms with van der Waals surface area (Å²) >= 11 is 6.50. The van der Waals surface area contributed by atoms with Crippen LogP contribution in [0.3, 0.4) is 0 Å². The molecule has 1 aliphatic heterocycles. The van der Waals surface area contributed by atoms with E-state index >= 15 is 0 Å². The zero-order valence-electron chi connectivity index (χ0n) is 21.0. The number of nitrogens with one attached hydrogen (secondary N) is 3. The highest BCUT2D eigenvalue weighted by Crippen LogP contribution is 2.45. The number of carbonyl (C=O) groups is 1. The summed E-state index contributed by atoms with van der Waals surface area (Å²) in [6.07, 6.45) is 11.0. The van der Waals surface area contributed by atoms with E-state index in [9.17, 15) is 9.18 Å². The van der Waals surface area contributed by atoms with Crippen LogP contribution in [0.2, 0.25) is 5.02 Å². The van der Waals surface area contributed by atoms with Crippen LogP contribution >= 0.6 is 11.6 Å². The Balaban J connectivity index is 1.50. The van der Waals surface area contributed by atoms with Crippen molar-refractivity contribution >= 4 is 28.9 Å². The number of anilines is 2. The fraction of sp³-hybridized carbons (Fsp3) is 0.552. The first-order valence-electron chi connectivity index (χ1n) is 13.5. The molecule has 1 amide bonds. The Morgan fingerprint density at radius 2 is 1.75 bits per heavy atom. The maximum atomic E-state index is 14.2. The van der Waals surface area contributed by atoms with Gasteiger partial charge in [-0.05, 0) is 68.4 Å². The van der Waals surface area contributed by atoms with E-state index in [2.05, 4.69) is 16.0 Å². The van der Waals surface area contributed by atoms with Gasteiger partial charge in [0.2, 0.25) is 5.91 Å². The van der Waals surface area contributed by atoms with E-state index in [1.165, 1.54) is 25.0 Å². The first-order chi connectivity index (χ1) is 17.4. The molecule has 0 aromatic heterocycles. The second-order valence-corrected chi connectivity index (χ2v) is 11.2. The van der Waals surface area contributed by atoms with E-state index < -0.39 is 11.6 Å². The number of hydrogen-bond donors (Lipinski definition) is 3. The van der Waals surface area contributed by atoms with Gasteiger partial charge >= 0.3 is 0 Å². The van der Waals surface area contributed by atoms with Crippen molar-refractivity contribution in [3.63, 3.8) is 0 Å². The molecule has 2 atom stereocenters. The molecule has 2 aromatic rings. The Morgan fingerprint density at radius 3 is 2.47 bits per heavy atom. The normalized spacial score (nSPS) is 23.3. The number of halogens is 2. The van der Waals surface area contributed by atoms with Gasteiger partial charge in [-0.15, -0.1) is 0 Å². The largest absolute Gasteiger partial charge is 0.487 e. The summed E-state index contributed by atoms with van der Waals surface area (Å²) in [6.45, 7) is 2.13. The number of para-hydroxylation sites is 1. The molecule has 5 nitrogen and oxygen atoms in total. The molecular formula is C29H37ClFN3O2. The van der Waals surface area contributed by atoms with Crippen molar-refractivity contribution in [3.05, 3.63) is 52.8 Å². The van der Waals surface area contributed by atoms with Crippen LogP contribution in [0.25, 0.3) is 0 Å². The summed E-state index contributed by atoms with van der Waals surface area (Å²) in [4.78, 5) is 14.1. The molecule has 0 spiro atoms. The first-order valence-corrected chi connectivity index (χ1v) is 13.9. The zero-order valence-corrected chi connectivity index (χ0v) is 21.8. The highest BCUT2D eigenvalue weighted by Gasteiger charge is 2.52. The van der Waals surface area contributed by atoms with Gasteiger partial charge in [0.25, 0.3) is 0 Å². The molecular weight excluding hydrogens is 477 g/mol. The zero-order chi connectivity index (χ0) is 25.1. The maximum Gasteiger partial charge on any atom is 0.228 e. The number of benzene rings is 2. The number of hydrogen-bond acceptors (Lipinski definition) is 4. The standard InChI is InChI=1S/C29H37ClFN3O2/c1-19-9-8-14-23(30)27(19)36-18-29(33-24-16-15-21(31)17-25(24)34-29)26(20-10-4-2-5-11-20)28(35)32-22-12-6-3-7-13-22/h8-9,14-17,20,22,26,33-34H,2-7,10-13,18H2,1H3,(H,32,35). The lowest BCUT2D eigenvalue weighted by molar-refractivity contribution is -0.130. The molecule has 3 aliphatic rings. The first kappa shape index (κ1) is 25.2. The summed E-state index contributed by atoms with van der Waals surface area (Å²) in [7, 11) is 0. The number of fused-ring (bicyclic) bond motifs is 1. The van der Waals surface area contributed by atoms with Crippen molar-refractivity contribution in [3.8, 4) is 5.75 Å². The average Bonchev–Trinajstić information content (AvgIpc) is 3.23. The minimum atomic E-state index is -0.928. The lowest BCUT2D eigenvalue weighted by atomic mass is 9.73. The molecule has 2 unspecified atom stereocenters. The van der Waals surface area contributed by atoms with Crippen LogP contribution in [0.15, 0.2) is 36.4 Å². The van der Waals surface area contributed by atoms with Gasteiger partial charge in [0, 0.05) is 6.04 Å². The second kappa shape index (κ2) is 10.9. The fourth-order valence-corrected chi connectivity index (χ4v) is 6.67. The van der Waals surface area contributed by atoms with Crippen molar-refractivity contribution in [2.75, 3.05) is 17.2 Å². The van der Waals surface area contributed by atoms with Gasteiger partial charge in [-0.25, -0.2) is 4.39 Å². The summed E-state index contributed by atoms with van der Waals surface area (Å²) < 4.78 is 20.6. The Kier molecular flexibility index (Phi) is 7.61. The number of ether oxygens (including phenoxy) is 1. The monoisotopic (exact) mass is 513 g/mol. The molecule has 2 saturated carbocycles. The summed E-state index contributed by atoms with van der Waals surface area (Å²) in [5, 5.41) is 11.1. The van der Waals surface area contributed by atoms with E-state index in [0.29, 0.717) is 16.5 Å². The third-order valence-electron chi connectivity index (χ3n) is 8.19. The molecule has 2 aliphatic carbocycles. The molecule has 2 fully saturated rings. The molecule has 36 heavy (non-hydrogen) atoms. The molecule has 1 heterocycles. The topological polar surface area (TPSA) is 62.4 Å². The van der Waals surface area contributed by atoms with Crippen molar-refractivity contribution in [1.82, 2.24) is 5.32 Å². The second-order valence-electron chi connectivity index (χ2n) is 10.8. The third-order valence-corrected chi connectivity index (χ3v) is 8.49. The van der Waals surface area contributed by atoms with Gasteiger partial charge in [-0.2, -0.15) is 0 Å². The minimum absolute atomic E-state index is 0.0570. The highest BCUT2D eigenvalue weighted by molar-refractivity contribution is 6.32. The lowest BCUT2D eigenvalue weighted by Crippen LogP contribution is -2.61. The van der Waals surface area contributed by atoms with Crippen molar-refractivity contribution in [2.24, 2.45) is 11.8 Å². The van der Waals surface area contributed by atoms with Gasteiger partial charge < -0.3 is 20.7 Å². The van der Waals surface area contributed by atoms with E-state index in [0.717, 1.165) is 62.6 Å². The van der Waals surface area contributed by atoms with Crippen LogP contribution in [0.4, 0.5) is 15.8 Å². The molecule has 5 rings (SSSR count). The van der Waals surface area contributed by atoms with Gasteiger partial charge in [0.15, 0.2) is 5.66 Å². The van der Waals surface area contributed by atoms with Gasteiger partial charge in [-0.1, -0.05) is 62.3 Å². The molecule has 0 saturated heterocycles. The van der Waals surface area contributed by atoms with E-state index in [1.54, 1.807) is 6.07 Å². The van der Waals surface area contributed by atoms with E-state index in [-0.39, 0.29) is 30.3 Å². The SMILES string of the molecule is Cc1cccc(Cl)c1OCC1(C(C(=O)NC2CCCCC2)C2CCCCC2)Nc2ccc(F)cc2N1. The Bertz CT molecular complexity index is 1060. The smallest absolute Gasteiger partial charge is 0.228 e. The summed E-state index contributed by atoms with van der Waals surface area (Å²) in [5.41, 5.74) is 1.44. The van der Waals surface area contributed by atoms with Crippen molar-refractivity contribution in [2.45, 2.75) is 82.8 Å². The molecule has 194 valence electrons. The van der Waals surface area contributed by atoms with Crippen LogP contribution in [-0.2, 0) is 4.79 Å². The van der Waals surface area contributed by atoms with Gasteiger partial charge in [-0.3, -0.25) is 4.79 Å². The number of amides is 1. The van der Waals surface area contributed by atoms with Crippen LogP contribution in [0.1, 0.15) is 69.8 Å². The predicted octanol–water partition coefficient (Wildman–Crippen LogP) is 7.05. The van der Waals surface area contributed by atoms with Gasteiger partial charge in [0.05, 0.1) is 22.3 Å². The summed E-state index contributed by atoms with van der Waals surface area (Å²) in [6, 6.07) is 10.5. The Morgan fingerprint density at radius 1 is 1.06 bits per heavy atom. The van der Waals surface area contributed by atoms with Crippen LogP contribution in [-0.4, -0.2) is 24.2 Å². The lowest BCUT2D eigenvalue weighted by Gasteiger charge is -2.43. The fourth-order valence-electron chi connectivity index (χ4n) is 6.39. The molecule has 3 N–H and O–H groups in total. The molecule has 2 aromatic carbocycles. The Hall–Kier alpha value is -2.47. The van der Waals surface area contributed by atoms with Gasteiger partial charge in [0.1, 0.15) is 18.2 Å². The predicted molar refractivity (Wildman–Crippen MR) is 143 cm³/mol. The minimum Gasteiger partial charge on any atom is -0.487 e. The average molecular weight is 514 g/mol. The Labute approximate surface area is 218 Å². The maximum absolute atomic E-state index is 14.2. The number of rotatable bonds is 7. The third kappa shape index (κ3) is 5.29. The number of carbonyl (C=O) groups excluding carboxylic acids is 1. The van der Waals surface area contributed by atoms with E-state index in [4.69, 9.17) is 16.3 Å². The molecule has 7 heteroatoms. The molecule has 0 bridgehead atoms. The van der Waals surface area contributed by atoms with Crippen molar-refractivity contribution < 1.29 is 13.9 Å². The van der Waals surface area contributed by atoms with Crippen molar-refractivity contribution in [1.29, 1.82) is 0 Å².